The minimum absolute atomic E-state index is 0.269. The highest BCUT2D eigenvalue weighted by molar-refractivity contribution is 7.92. The quantitative estimate of drug-likeness (QED) is 0.531. The molecular weight excluding hydrogens is 452 g/mol. The first kappa shape index (κ1) is 23.5. The molecule has 0 aliphatic carbocycles. The number of nitrogens with zero attached hydrogens (tertiary/aromatic N) is 3. The average molecular weight is 477 g/mol. The minimum Gasteiger partial charge on any atom is -0.493 e. The fourth-order valence-corrected chi connectivity index (χ4v) is 4.99. The molecule has 2 aromatic carbocycles. The van der Waals surface area contributed by atoms with Gasteiger partial charge >= 0.3 is 0 Å². The summed E-state index contributed by atoms with van der Waals surface area (Å²) >= 11 is 1.20. The number of aryl methyl sites for hydroxylation is 1. The zero-order chi connectivity index (χ0) is 23.5. The molecule has 0 unspecified atom stereocenters. The summed E-state index contributed by atoms with van der Waals surface area (Å²) in [5.74, 6) is 0.245. The third kappa shape index (κ3) is 5.17. The number of hydrogen-bond acceptors (Lipinski definition) is 8. The monoisotopic (exact) mass is 476 g/mol. The molecule has 0 fully saturated rings. The molecule has 1 amide bonds. The first-order valence-corrected chi connectivity index (χ1v) is 12.2. The van der Waals surface area contributed by atoms with E-state index in [9.17, 15) is 13.2 Å². The van der Waals surface area contributed by atoms with E-state index in [-0.39, 0.29) is 10.8 Å². The normalized spacial score (nSPS) is 12.2. The van der Waals surface area contributed by atoms with Crippen LogP contribution in [0.4, 0.5) is 10.8 Å². The van der Waals surface area contributed by atoms with Crippen LogP contribution < -0.4 is 19.1 Å². The van der Waals surface area contributed by atoms with Crippen LogP contribution in [0.2, 0.25) is 0 Å². The van der Waals surface area contributed by atoms with Gasteiger partial charge in [0.05, 0.1) is 26.2 Å². The first-order chi connectivity index (χ1) is 15.1. The Balaban J connectivity index is 1.84. The Hall–Kier alpha value is -3.18. The summed E-state index contributed by atoms with van der Waals surface area (Å²) in [7, 11) is -0.868. The van der Waals surface area contributed by atoms with Crippen LogP contribution in [-0.2, 0) is 14.8 Å². The van der Waals surface area contributed by atoms with Crippen LogP contribution in [0.1, 0.15) is 12.5 Å². The third-order valence-electron chi connectivity index (χ3n) is 4.66. The molecule has 9 nitrogen and oxygen atoms in total. The molecule has 0 aliphatic heterocycles. The molecule has 1 heterocycles. The van der Waals surface area contributed by atoms with Crippen LogP contribution in [0.15, 0.2) is 42.5 Å². The number of nitrogens with one attached hydrogen (secondary N) is 1. The van der Waals surface area contributed by atoms with E-state index in [0.717, 1.165) is 21.7 Å². The Morgan fingerprint density at radius 1 is 1.06 bits per heavy atom. The summed E-state index contributed by atoms with van der Waals surface area (Å²) in [5, 5.41) is 11.7. The predicted molar refractivity (Wildman–Crippen MR) is 125 cm³/mol. The number of amides is 1. The molecule has 3 aromatic rings. The lowest BCUT2D eigenvalue weighted by atomic mass is 10.2. The van der Waals surface area contributed by atoms with Gasteiger partial charge in [0.1, 0.15) is 11.0 Å². The first-order valence-electron chi connectivity index (χ1n) is 9.57. The number of carbonyl (C=O) groups excluding carboxylic acids is 1. The van der Waals surface area contributed by atoms with Gasteiger partial charge < -0.3 is 9.47 Å². The van der Waals surface area contributed by atoms with E-state index in [1.165, 1.54) is 38.5 Å². The van der Waals surface area contributed by atoms with Crippen LogP contribution in [0.25, 0.3) is 10.6 Å². The van der Waals surface area contributed by atoms with Crippen LogP contribution in [0, 0.1) is 6.92 Å². The molecule has 11 heteroatoms. The second kappa shape index (κ2) is 9.53. The zero-order valence-electron chi connectivity index (χ0n) is 18.3. The summed E-state index contributed by atoms with van der Waals surface area (Å²) in [6.45, 7) is 3.48. The topological polar surface area (TPSA) is 111 Å². The Morgan fingerprint density at radius 2 is 1.72 bits per heavy atom. The largest absolute Gasteiger partial charge is 0.493 e. The van der Waals surface area contributed by atoms with Crippen molar-refractivity contribution in [1.82, 2.24) is 10.2 Å². The van der Waals surface area contributed by atoms with Crippen molar-refractivity contribution in [3.05, 3.63) is 48.0 Å². The van der Waals surface area contributed by atoms with Gasteiger partial charge in [-0.25, -0.2) is 8.42 Å². The SMILES string of the molecule is COc1ccc(N([C@@H](C)C(=O)Nc2nnc(-c3ccc(C)cc3)s2)S(C)(=O)=O)cc1OC. The smallest absolute Gasteiger partial charge is 0.249 e. The van der Waals surface area contributed by atoms with E-state index < -0.39 is 22.0 Å². The number of anilines is 2. The molecule has 0 saturated heterocycles. The Kier molecular flexibility index (Phi) is 6.99. The number of ether oxygens (including phenoxy) is 2. The molecule has 32 heavy (non-hydrogen) atoms. The van der Waals surface area contributed by atoms with Gasteiger partial charge in [-0.15, -0.1) is 10.2 Å². The number of benzene rings is 2. The lowest BCUT2D eigenvalue weighted by Gasteiger charge is -2.28. The number of methoxy groups -OCH3 is 2. The maximum Gasteiger partial charge on any atom is 0.249 e. The molecule has 0 bridgehead atoms. The summed E-state index contributed by atoms with van der Waals surface area (Å²) in [6.07, 6.45) is 1.04. The van der Waals surface area contributed by atoms with Crippen molar-refractivity contribution in [2.75, 3.05) is 30.1 Å². The Bertz CT molecular complexity index is 1210. The summed E-state index contributed by atoms with van der Waals surface area (Å²) in [5.41, 5.74) is 2.27. The molecule has 0 radical (unpaired) electrons. The van der Waals surface area contributed by atoms with Crippen LogP contribution in [0.3, 0.4) is 0 Å². The lowest BCUT2D eigenvalue weighted by Crippen LogP contribution is -2.45. The number of aromatic nitrogens is 2. The van der Waals surface area contributed by atoms with Crippen LogP contribution >= 0.6 is 11.3 Å². The maximum absolute atomic E-state index is 12.9. The Labute approximate surface area is 191 Å². The second-order valence-electron chi connectivity index (χ2n) is 7.04. The predicted octanol–water partition coefficient (Wildman–Crippen LogP) is 3.32. The van der Waals surface area contributed by atoms with Gasteiger partial charge in [0, 0.05) is 11.6 Å². The average Bonchev–Trinajstić information content (AvgIpc) is 3.21. The second-order valence-corrected chi connectivity index (χ2v) is 9.88. The summed E-state index contributed by atoms with van der Waals surface area (Å²) in [4.78, 5) is 12.9. The fourth-order valence-electron chi connectivity index (χ4n) is 3.07. The van der Waals surface area contributed by atoms with Crippen molar-refractivity contribution in [3.63, 3.8) is 0 Å². The summed E-state index contributed by atoms with van der Waals surface area (Å²) < 4.78 is 36.6. The highest BCUT2D eigenvalue weighted by atomic mass is 32.2. The van der Waals surface area contributed by atoms with E-state index >= 15 is 0 Å². The number of sulfonamides is 1. The number of carbonyl (C=O) groups is 1. The number of hydrogen-bond donors (Lipinski definition) is 1. The molecule has 1 aromatic heterocycles. The summed E-state index contributed by atoms with van der Waals surface area (Å²) in [6, 6.07) is 11.3. The minimum atomic E-state index is -3.80. The van der Waals surface area contributed by atoms with Crippen molar-refractivity contribution >= 4 is 38.1 Å². The molecule has 1 N–H and O–H groups in total. The van der Waals surface area contributed by atoms with E-state index in [1.807, 2.05) is 31.2 Å². The molecule has 3 rings (SSSR count). The van der Waals surface area contributed by atoms with E-state index in [2.05, 4.69) is 15.5 Å². The molecule has 0 saturated carbocycles. The van der Waals surface area contributed by atoms with Gasteiger partial charge in [0.2, 0.25) is 21.1 Å². The zero-order valence-corrected chi connectivity index (χ0v) is 20.0. The van der Waals surface area contributed by atoms with Gasteiger partial charge in [0.15, 0.2) is 11.5 Å². The van der Waals surface area contributed by atoms with Gasteiger partial charge in [-0.3, -0.25) is 14.4 Å². The third-order valence-corrected chi connectivity index (χ3v) is 6.79. The molecule has 0 aliphatic rings. The van der Waals surface area contributed by atoms with Crippen molar-refractivity contribution in [3.8, 4) is 22.1 Å². The lowest BCUT2D eigenvalue weighted by molar-refractivity contribution is -0.116. The van der Waals surface area contributed by atoms with Gasteiger partial charge in [-0.1, -0.05) is 41.2 Å². The van der Waals surface area contributed by atoms with E-state index in [4.69, 9.17) is 9.47 Å². The molecule has 170 valence electrons. The van der Waals surface area contributed by atoms with E-state index in [1.54, 1.807) is 12.1 Å². The van der Waals surface area contributed by atoms with Gasteiger partial charge in [0.25, 0.3) is 0 Å². The van der Waals surface area contributed by atoms with Crippen molar-refractivity contribution in [1.29, 1.82) is 0 Å². The molecular formula is C21H24N4O5S2. The van der Waals surface area contributed by atoms with Crippen molar-refractivity contribution in [2.45, 2.75) is 19.9 Å². The van der Waals surface area contributed by atoms with Crippen molar-refractivity contribution < 1.29 is 22.7 Å². The fraction of sp³-hybridized carbons (Fsp3) is 0.286. The van der Waals surface area contributed by atoms with Gasteiger partial charge in [-0.05, 0) is 26.0 Å². The maximum atomic E-state index is 12.9. The van der Waals surface area contributed by atoms with Crippen molar-refractivity contribution in [2.24, 2.45) is 0 Å². The van der Waals surface area contributed by atoms with Crippen LogP contribution in [-0.4, -0.2) is 51.0 Å². The number of rotatable bonds is 8. The molecule has 1 atom stereocenters. The van der Waals surface area contributed by atoms with Crippen LogP contribution in [0.5, 0.6) is 11.5 Å². The highest BCUT2D eigenvalue weighted by Gasteiger charge is 2.30. The molecule has 0 spiro atoms. The standard InChI is InChI=1S/C21H24N4O5S2/c1-13-6-8-15(9-7-13)20-23-24-21(31-20)22-19(26)14(2)25(32(5,27)28)16-10-11-17(29-3)18(12-16)30-4/h6-12,14H,1-5H3,(H,22,24,26)/t14-/m0/s1. The highest BCUT2D eigenvalue weighted by Crippen LogP contribution is 2.33. The Morgan fingerprint density at radius 3 is 2.31 bits per heavy atom. The van der Waals surface area contributed by atoms with E-state index in [0.29, 0.717) is 16.5 Å². The van der Waals surface area contributed by atoms with Gasteiger partial charge in [-0.2, -0.15) is 0 Å².